The van der Waals surface area contributed by atoms with Crippen LogP contribution in [-0.2, 0) is 0 Å². The van der Waals surface area contributed by atoms with Gasteiger partial charge in [0.25, 0.3) is 0 Å². The standard InChI is InChI=1S/C23H17N3O/c1-27-23-14-17(11-13-19(23)15-24)10-12-18-6-2-4-8-21(18)26-16-25-20-7-3-5-9-22(20)26/h2-14,16H,1H3. The first kappa shape index (κ1) is 16.6. The predicted octanol–water partition coefficient (Wildman–Crippen LogP) is 5.08. The highest BCUT2D eigenvalue weighted by atomic mass is 16.5. The van der Waals surface area contributed by atoms with Gasteiger partial charge in [-0.2, -0.15) is 5.26 Å². The molecular formula is C23H17N3O. The highest BCUT2D eigenvalue weighted by Gasteiger charge is 2.07. The third-order valence-corrected chi connectivity index (χ3v) is 4.45. The average Bonchev–Trinajstić information content (AvgIpc) is 3.16. The van der Waals surface area contributed by atoms with Crippen LogP contribution in [0.2, 0.25) is 0 Å². The summed E-state index contributed by atoms with van der Waals surface area (Å²) >= 11 is 0. The Labute approximate surface area is 157 Å². The quantitative estimate of drug-likeness (QED) is 0.482. The lowest BCUT2D eigenvalue weighted by Crippen LogP contribution is -1.94. The minimum atomic E-state index is 0.528. The molecule has 4 aromatic rings. The van der Waals surface area contributed by atoms with Crippen molar-refractivity contribution in [3.8, 4) is 17.5 Å². The van der Waals surface area contributed by atoms with Gasteiger partial charge in [-0.15, -0.1) is 0 Å². The van der Waals surface area contributed by atoms with Crippen molar-refractivity contribution in [3.63, 3.8) is 0 Å². The number of ether oxygens (including phenoxy) is 1. The van der Waals surface area contributed by atoms with Crippen LogP contribution >= 0.6 is 0 Å². The van der Waals surface area contributed by atoms with E-state index in [2.05, 4.69) is 39.9 Å². The summed E-state index contributed by atoms with van der Waals surface area (Å²) in [5.41, 5.74) is 5.66. The third kappa shape index (κ3) is 3.19. The zero-order chi connectivity index (χ0) is 18.6. The Morgan fingerprint density at radius 2 is 1.81 bits per heavy atom. The molecule has 1 aromatic heterocycles. The van der Waals surface area contributed by atoms with E-state index in [1.54, 1.807) is 13.2 Å². The van der Waals surface area contributed by atoms with Crippen LogP contribution < -0.4 is 4.74 Å². The fourth-order valence-corrected chi connectivity index (χ4v) is 3.09. The van der Waals surface area contributed by atoms with Gasteiger partial charge in [-0.1, -0.05) is 48.6 Å². The maximum Gasteiger partial charge on any atom is 0.137 e. The molecule has 0 N–H and O–H groups in total. The van der Waals surface area contributed by atoms with E-state index in [9.17, 15) is 0 Å². The van der Waals surface area contributed by atoms with Gasteiger partial charge in [0, 0.05) is 0 Å². The monoisotopic (exact) mass is 351 g/mol. The summed E-state index contributed by atoms with van der Waals surface area (Å²) < 4.78 is 7.38. The first-order valence-electron chi connectivity index (χ1n) is 8.58. The lowest BCUT2D eigenvalue weighted by molar-refractivity contribution is 0.413. The number of methoxy groups -OCH3 is 1. The molecule has 27 heavy (non-hydrogen) atoms. The molecule has 0 saturated carbocycles. The highest BCUT2D eigenvalue weighted by molar-refractivity contribution is 5.80. The molecule has 0 aliphatic carbocycles. The number of aromatic nitrogens is 2. The minimum Gasteiger partial charge on any atom is -0.495 e. The van der Waals surface area contributed by atoms with Gasteiger partial charge in [-0.25, -0.2) is 4.98 Å². The second-order valence-corrected chi connectivity index (χ2v) is 6.07. The zero-order valence-electron chi connectivity index (χ0n) is 14.8. The van der Waals surface area contributed by atoms with E-state index < -0.39 is 0 Å². The number of fused-ring (bicyclic) bond motifs is 1. The Kier molecular flexibility index (Phi) is 4.42. The summed E-state index contributed by atoms with van der Waals surface area (Å²) in [7, 11) is 1.57. The lowest BCUT2D eigenvalue weighted by Gasteiger charge is -2.08. The van der Waals surface area contributed by atoms with Crippen molar-refractivity contribution in [2.45, 2.75) is 0 Å². The molecule has 0 aliphatic heterocycles. The normalized spacial score (nSPS) is 11.0. The van der Waals surface area contributed by atoms with Crippen LogP contribution in [0.4, 0.5) is 0 Å². The van der Waals surface area contributed by atoms with Gasteiger partial charge in [-0.3, -0.25) is 4.57 Å². The van der Waals surface area contributed by atoms with Crippen LogP contribution in [0, 0.1) is 11.3 Å². The molecule has 0 spiro atoms. The predicted molar refractivity (Wildman–Crippen MR) is 108 cm³/mol. The molecule has 1 heterocycles. The van der Waals surface area contributed by atoms with Crippen molar-refractivity contribution in [3.05, 3.63) is 89.7 Å². The molecule has 130 valence electrons. The van der Waals surface area contributed by atoms with E-state index in [-0.39, 0.29) is 0 Å². The van der Waals surface area contributed by atoms with E-state index in [0.717, 1.165) is 27.8 Å². The molecule has 4 nitrogen and oxygen atoms in total. The van der Waals surface area contributed by atoms with Crippen LogP contribution in [0.25, 0.3) is 28.9 Å². The van der Waals surface area contributed by atoms with Crippen LogP contribution in [0.5, 0.6) is 5.75 Å². The molecule has 0 bridgehead atoms. The molecule has 3 aromatic carbocycles. The fourth-order valence-electron chi connectivity index (χ4n) is 3.09. The summed E-state index contributed by atoms with van der Waals surface area (Å²) in [5.74, 6) is 0.577. The van der Waals surface area contributed by atoms with Crippen molar-refractivity contribution >= 4 is 23.2 Å². The van der Waals surface area contributed by atoms with Crippen molar-refractivity contribution < 1.29 is 4.74 Å². The maximum atomic E-state index is 9.12. The number of imidazole rings is 1. The fraction of sp³-hybridized carbons (Fsp3) is 0.0435. The minimum absolute atomic E-state index is 0.528. The van der Waals surface area contributed by atoms with Gasteiger partial charge in [0.15, 0.2) is 0 Å². The molecular weight excluding hydrogens is 334 g/mol. The number of rotatable bonds is 4. The van der Waals surface area contributed by atoms with Crippen LogP contribution in [-0.4, -0.2) is 16.7 Å². The molecule has 0 saturated heterocycles. The van der Waals surface area contributed by atoms with E-state index in [1.165, 1.54) is 0 Å². The lowest BCUT2D eigenvalue weighted by atomic mass is 10.1. The van der Waals surface area contributed by atoms with Crippen LogP contribution in [0.15, 0.2) is 73.1 Å². The summed E-state index contributed by atoms with van der Waals surface area (Å²) in [6.45, 7) is 0. The van der Waals surface area contributed by atoms with Crippen molar-refractivity contribution in [2.75, 3.05) is 7.11 Å². The number of hydrogen-bond donors (Lipinski definition) is 0. The summed E-state index contributed by atoms with van der Waals surface area (Å²) in [4.78, 5) is 4.49. The van der Waals surface area contributed by atoms with Crippen LogP contribution in [0.3, 0.4) is 0 Å². The van der Waals surface area contributed by atoms with E-state index in [1.807, 2.05) is 54.9 Å². The summed E-state index contributed by atoms with van der Waals surface area (Å²) in [6.07, 6.45) is 5.93. The van der Waals surface area contributed by atoms with Crippen molar-refractivity contribution in [1.29, 1.82) is 5.26 Å². The molecule has 0 aliphatic rings. The Morgan fingerprint density at radius 1 is 1.00 bits per heavy atom. The Balaban J connectivity index is 1.74. The molecule has 0 atom stereocenters. The summed E-state index contributed by atoms with van der Waals surface area (Å²) in [6, 6.07) is 23.9. The maximum absolute atomic E-state index is 9.12. The van der Waals surface area contributed by atoms with Crippen molar-refractivity contribution in [1.82, 2.24) is 9.55 Å². The van der Waals surface area contributed by atoms with Gasteiger partial charge in [0.1, 0.15) is 18.1 Å². The molecule has 0 fully saturated rings. The van der Waals surface area contributed by atoms with Gasteiger partial charge in [-0.05, 0) is 41.5 Å². The first-order chi connectivity index (χ1) is 13.3. The molecule has 0 radical (unpaired) electrons. The number of nitriles is 1. The smallest absolute Gasteiger partial charge is 0.137 e. The second kappa shape index (κ2) is 7.19. The van der Waals surface area contributed by atoms with E-state index in [0.29, 0.717) is 11.3 Å². The molecule has 0 amide bonds. The van der Waals surface area contributed by atoms with E-state index in [4.69, 9.17) is 10.00 Å². The number of benzene rings is 3. The van der Waals surface area contributed by atoms with Crippen LogP contribution in [0.1, 0.15) is 16.7 Å². The zero-order valence-corrected chi connectivity index (χ0v) is 14.8. The molecule has 0 unspecified atom stereocenters. The third-order valence-electron chi connectivity index (χ3n) is 4.45. The van der Waals surface area contributed by atoms with Gasteiger partial charge >= 0.3 is 0 Å². The van der Waals surface area contributed by atoms with Gasteiger partial charge in [0.2, 0.25) is 0 Å². The average molecular weight is 351 g/mol. The number of nitrogens with zero attached hydrogens (tertiary/aromatic N) is 3. The highest BCUT2D eigenvalue weighted by Crippen LogP contribution is 2.24. The topological polar surface area (TPSA) is 50.8 Å². The second-order valence-electron chi connectivity index (χ2n) is 6.07. The Hall–Kier alpha value is -3.84. The first-order valence-corrected chi connectivity index (χ1v) is 8.58. The van der Waals surface area contributed by atoms with Gasteiger partial charge in [0.05, 0.1) is 29.4 Å². The van der Waals surface area contributed by atoms with E-state index >= 15 is 0 Å². The molecule has 4 rings (SSSR count). The summed E-state index contributed by atoms with van der Waals surface area (Å²) in [5, 5.41) is 9.12. The van der Waals surface area contributed by atoms with Gasteiger partial charge < -0.3 is 4.74 Å². The Morgan fingerprint density at radius 3 is 2.67 bits per heavy atom. The Bertz CT molecular complexity index is 1180. The molecule has 4 heteroatoms. The largest absolute Gasteiger partial charge is 0.495 e. The SMILES string of the molecule is COc1cc(C=Cc2ccccc2-n2cnc3ccccc32)ccc1C#N. The number of para-hydroxylation sites is 3. The van der Waals surface area contributed by atoms with Crippen molar-refractivity contribution in [2.24, 2.45) is 0 Å². The number of hydrogen-bond acceptors (Lipinski definition) is 3.